The number of carbonyl (C=O) groups excluding carboxylic acids is 2. The Kier molecular flexibility index (Phi) is 3.62. The zero-order valence-electron chi connectivity index (χ0n) is 10.3. The van der Waals surface area contributed by atoms with Crippen molar-refractivity contribution in [2.24, 2.45) is 0 Å². The van der Waals surface area contributed by atoms with E-state index in [1.165, 1.54) is 0 Å². The van der Waals surface area contributed by atoms with Crippen LogP contribution in [0.1, 0.15) is 11.1 Å². The molecule has 1 aromatic rings. The van der Waals surface area contributed by atoms with Gasteiger partial charge in [0.15, 0.2) is 0 Å². The normalized spacial score (nSPS) is 13.7. The summed E-state index contributed by atoms with van der Waals surface area (Å²) in [5.74, 6) is -0.0476. The summed E-state index contributed by atoms with van der Waals surface area (Å²) in [4.78, 5) is 24.7. The van der Waals surface area contributed by atoms with E-state index in [1.807, 2.05) is 18.2 Å². The molecule has 96 valence electrons. The van der Waals surface area contributed by atoms with Crippen LogP contribution in [0.5, 0.6) is 0 Å². The molecule has 0 atom stereocenters. The molecule has 2 rings (SSSR count). The molecule has 0 unspecified atom stereocenters. The Balaban J connectivity index is 2.07. The molecule has 0 aliphatic carbocycles. The first kappa shape index (κ1) is 12.6. The number of anilines is 1. The van der Waals surface area contributed by atoms with Crippen LogP contribution < -0.4 is 10.2 Å². The number of benzene rings is 1. The number of rotatable bonds is 4. The Bertz CT molecular complexity index is 485. The topological polar surface area (TPSA) is 69.6 Å². The number of nitrogens with one attached hydrogen (secondary N) is 1. The summed E-state index contributed by atoms with van der Waals surface area (Å²) in [5.41, 5.74) is 2.77. The molecule has 0 fully saturated rings. The molecule has 0 spiro atoms. The highest BCUT2D eigenvalue weighted by Crippen LogP contribution is 2.28. The maximum Gasteiger partial charge on any atom is 0.231 e. The molecule has 0 radical (unpaired) electrons. The molecule has 2 amide bonds. The van der Waals surface area contributed by atoms with Crippen molar-refractivity contribution in [3.05, 3.63) is 29.3 Å². The van der Waals surface area contributed by atoms with Crippen LogP contribution in [0.4, 0.5) is 5.69 Å². The number of aliphatic hydroxyl groups is 1. The number of likely N-dealkylation sites (N-methyl/N-ethyl adjacent to an activating group) is 1. The number of nitrogens with zero attached hydrogens (tertiary/aromatic N) is 1. The van der Waals surface area contributed by atoms with E-state index in [-0.39, 0.29) is 31.4 Å². The maximum atomic E-state index is 11.5. The second-order valence-corrected chi connectivity index (χ2v) is 4.34. The molecular weight excluding hydrogens is 232 g/mol. The second-order valence-electron chi connectivity index (χ2n) is 4.34. The van der Waals surface area contributed by atoms with Gasteiger partial charge in [0.2, 0.25) is 11.8 Å². The third kappa shape index (κ3) is 2.51. The molecule has 18 heavy (non-hydrogen) atoms. The summed E-state index contributed by atoms with van der Waals surface area (Å²) in [5, 5.41) is 11.2. The number of hydrogen-bond donors (Lipinski definition) is 2. The lowest BCUT2D eigenvalue weighted by atomic mass is 10.1. The highest BCUT2D eigenvalue weighted by atomic mass is 16.3. The van der Waals surface area contributed by atoms with Crippen LogP contribution in [-0.4, -0.2) is 37.1 Å². The maximum absolute atomic E-state index is 11.5. The van der Waals surface area contributed by atoms with Gasteiger partial charge in [-0.3, -0.25) is 9.59 Å². The number of carbonyl (C=O) groups is 2. The van der Waals surface area contributed by atoms with E-state index in [2.05, 4.69) is 5.32 Å². The molecular formula is C13H16N2O3. The van der Waals surface area contributed by atoms with Gasteiger partial charge in [0.1, 0.15) is 0 Å². The fourth-order valence-corrected chi connectivity index (χ4v) is 2.08. The SMILES string of the molecule is CN1C(=O)Cc2cc(CC(=O)NCCO)ccc21. The van der Waals surface area contributed by atoms with E-state index < -0.39 is 0 Å². The second kappa shape index (κ2) is 5.18. The Morgan fingerprint density at radius 2 is 2.28 bits per heavy atom. The van der Waals surface area contributed by atoms with Crippen LogP contribution in [0.15, 0.2) is 18.2 Å². The van der Waals surface area contributed by atoms with Gasteiger partial charge >= 0.3 is 0 Å². The highest BCUT2D eigenvalue weighted by Gasteiger charge is 2.23. The smallest absolute Gasteiger partial charge is 0.231 e. The molecule has 2 N–H and O–H groups in total. The molecule has 0 aromatic heterocycles. The van der Waals surface area contributed by atoms with Gasteiger partial charge in [0.05, 0.1) is 19.4 Å². The van der Waals surface area contributed by atoms with Crippen molar-refractivity contribution in [3.8, 4) is 0 Å². The van der Waals surface area contributed by atoms with Gasteiger partial charge in [0.25, 0.3) is 0 Å². The van der Waals surface area contributed by atoms with Gasteiger partial charge in [-0.1, -0.05) is 12.1 Å². The third-order valence-corrected chi connectivity index (χ3v) is 3.02. The van der Waals surface area contributed by atoms with Gasteiger partial charge in [-0.2, -0.15) is 0 Å². The van der Waals surface area contributed by atoms with Crippen molar-refractivity contribution < 1.29 is 14.7 Å². The van der Waals surface area contributed by atoms with Gasteiger partial charge in [-0.25, -0.2) is 0 Å². The standard InChI is InChI=1S/C13H16N2O3/c1-15-11-3-2-9(6-10(11)8-13(15)18)7-12(17)14-4-5-16/h2-3,6,16H,4-5,7-8H2,1H3,(H,14,17). The summed E-state index contributed by atoms with van der Waals surface area (Å²) in [6, 6.07) is 5.62. The quantitative estimate of drug-likeness (QED) is 0.779. The van der Waals surface area contributed by atoms with Crippen molar-refractivity contribution in [2.75, 3.05) is 25.1 Å². The first-order chi connectivity index (χ1) is 8.61. The summed E-state index contributed by atoms with van der Waals surface area (Å²) in [6.45, 7) is 0.209. The average molecular weight is 248 g/mol. The number of fused-ring (bicyclic) bond motifs is 1. The lowest BCUT2D eigenvalue weighted by molar-refractivity contribution is -0.120. The minimum Gasteiger partial charge on any atom is -0.395 e. The first-order valence-electron chi connectivity index (χ1n) is 5.87. The van der Waals surface area contributed by atoms with Crippen molar-refractivity contribution in [2.45, 2.75) is 12.8 Å². The molecule has 0 saturated heterocycles. The van der Waals surface area contributed by atoms with E-state index in [0.717, 1.165) is 16.8 Å². The molecule has 0 bridgehead atoms. The summed E-state index contributed by atoms with van der Waals surface area (Å²) in [7, 11) is 1.75. The lowest BCUT2D eigenvalue weighted by Gasteiger charge is -2.10. The zero-order valence-corrected chi connectivity index (χ0v) is 10.3. The van der Waals surface area contributed by atoms with E-state index in [4.69, 9.17) is 5.11 Å². The molecule has 1 heterocycles. The van der Waals surface area contributed by atoms with E-state index in [0.29, 0.717) is 6.42 Å². The number of aliphatic hydroxyl groups excluding tert-OH is 1. The molecule has 0 saturated carbocycles. The molecule has 1 aliphatic heterocycles. The number of hydrogen-bond acceptors (Lipinski definition) is 3. The Labute approximate surface area is 105 Å². The minimum absolute atomic E-state index is 0.0603. The van der Waals surface area contributed by atoms with Gasteiger partial charge in [-0.15, -0.1) is 0 Å². The largest absolute Gasteiger partial charge is 0.395 e. The third-order valence-electron chi connectivity index (χ3n) is 3.02. The average Bonchev–Trinajstić information content (AvgIpc) is 2.62. The van der Waals surface area contributed by atoms with Crippen LogP contribution >= 0.6 is 0 Å². The Hall–Kier alpha value is -1.88. The van der Waals surface area contributed by atoms with Crippen LogP contribution in [0.3, 0.4) is 0 Å². The predicted molar refractivity (Wildman–Crippen MR) is 67.4 cm³/mol. The fourth-order valence-electron chi connectivity index (χ4n) is 2.08. The lowest BCUT2D eigenvalue weighted by Crippen LogP contribution is -2.27. The zero-order chi connectivity index (χ0) is 13.1. The van der Waals surface area contributed by atoms with Gasteiger partial charge in [-0.05, 0) is 17.2 Å². The first-order valence-corrected chi connectivity index (χ1v) is 5.87. The summed E-state index contributed by atoms with van der Waals surface area (Å²) < 4.78 is 0. The van der Waals surface area contributed by atoms with Crippen molar-refractivity contribution in [1.82, 2.24) is 5.32 Å². The van der Waals surface area contributed by atoms with Crippen molar-refractivity contribution >= 4 is 17.5 Å². The Morgan fingerprint density at radius 3 is 3.00 bits per heavy atom. The molecule has 5 nitrogen and oxygen atoms in total. The van der Waals surface area contributed by atoms with Crippen LogP contribution in [0, 0.1) is 0 Å². The van der Waals surface area contributed by atoms with E-state index >= 15 is 0 Å². The van der Waals surface area contributed by atoms with Crippen molar-refractivity contribution in [1.29, 1.82) is 0 Å². The predicted octanol–water partition coefficient (Wildman–Crippen LogP) is -0.143. The number of amides is 2. The van der Waals surface area contributed by atoms with Crippen LogP contribution in [0.25, 0.3) is 0 Å². The molecule has 1 aromatic carbocycles. The fraction of sp³-hybridized carbons (Fsp3) is 0.385. The van der Waals surface area contributed by atoms with Crippen molar-refractivity contribution in [3.63, 3.8) is 0 Å². The molecule has 5 heteroatoms. The van der Waals surface area contributed by atoms with E-state index in [9.17, 15) is 9.59 Å². The monoisotopic (exact) mass is 248 g/mol. The summed E-state index contributed by atoms with van der Waals surface area (Å²) >= 11 is 0. The summed E-state index contributed by atoms with van der Waals surface area (Å²) in [6.07, 6.45) is 0.670. The minimum atomic E-state index is -0.123. The van der Waals surface area contributed by atoms with Gasteiger partial charge in [0, 0.05) is 19.3 Å². The Morgan fingerprint density at radius 1 is 1.50 bits per heavy atom. The van der Waals surface area contributed by atoms with Gasteiger partial charge < -0.3 is 15.3 Å². The van der Waals surface area contributed by atoms with Crippen LogP contribution in [0.2, 0.25) is 0 Å². The highest BCUT2D eigenvalue weighted by molar-refractivity contribution is 6.01. The van der Waals surface area contributed by atoms with E-state index in [1.54, 1.807) is 11.9 Å². The van der Waals surface area contributed by atoms with Crippen LogP contribution in [-0.2, 0) is 22.4 Å². The molecule has 1 aliphatic rings.